The quantitative estimate of drug-likeness (QED) is 0.0906. The molecule has 276 valence electrons. The Labute approximate surface area is 307 Å². The van der Waals surface area contributed by atoms with Crippen LogP contribution in [0.15, 0.2) is 85.5 Å². The van der Waals surface area contributed by atoms with E-state index in [9.17, 15) is 18.0 Å². The van der Waals surface area contributed by atoms with Gasteiger partial charge < -0.3 is 27.8 Å². The first-order chi connectivity index (χ1) is 25.7. The topological polar surface area (TPSA) is 188 Å². The third-order valence-electron chi connectivity index (χ3n) is 8.91. The van der Waals surface area contributed by atoms with E-state index in [1.54, 1.807) is 35.3 Å². The lowest BCUT2D eigenvalue weighted by atomic mass is 10.1. The van der Waals surface area contributed by atoms with Gasteiger partial charge in [0.2, 0.25) is 24.1 Å². The summed E-state index contributed by atoms with van der Waals surface area (Å²) in [7, 11) is 0. The summed E-state index contributed by atoms with van der Waals surface area (Å²) in [5.41, 5.74) is 23.9. The highest BCUT2D eigenvalue weighted by Gasteiger charge is 2.32. The van der Waals surface area contributed by atoms with Gasteiger partial charge in [0.15, 0.2) is 6.67 Å². The van der Waals surface area contributed by atoms with Crippen LogP contribution in [0.2, 0.25) is 0 Å². The van der Waals surface area contributed by atoms with Crippen molar-refractivity contribution in [3.8, 4) is 22.5 Å². The van der Waals surface area contributed by atoms with E-state index >= 15 is 0 Å². The Morgan fingerprint density at radius 1 is 0.852 bits per heavy atom. The summed E-state index contributed by atoms with van der Waals surface area (Å²) in [6, 6.07) is 18.0. The molecule has 0 aliphatic rings. The fraction of sp³-hybridized carbons (Fsp3) is 0.216. The molecule has 7 aromatic rings. The average molecular weight is 738 g/mol. The number of hydrogen-bond donors (Lipinski definition) is 5. The number of hydrogen-bond acceptors (Lipinski definition) is 8. The molecule has 2 amide bonds. The van der Waals surface area contributed by atoms with Crippen LogP contribution in [0.5, 0.6) is 0 Å². The zero-order valence-corrected chi connectivity index (χ0v) is 29.8. The van der Waals surface area contributed by atoms with Crippen molar-refractivity contribution in [3.63, 3.8) is 0 Å². The summed E-state index contributed by atoms with van der Waals surface area (Å²) in [6.45, 7) is 8.31. The second-order valence-corrected chi connectivity index (χ2v) is 13.3. The molecule has 17 heteroatoms. The maximum absolute atomic E-state index is 13.1. The van der Waals surface area contributed by atoms with Crippen molar-refractivity contribution >= 4 is 56.8 Å². The van der Waals surface area contributed by atoms with E-state index in [2.05, 4.69) is 34.4 Å². The number of carbonyl (C=O) groups is 1. The van der Waals surface area contributed by atoms with Crippen LogP contribution < -0.4 is 37.1 Å². The van der Waals surface area contributed by atoms with Crippen molar-refractivity contribution in [1.82, 2.24) is 29.4 Å². The smallest absolute Gasteiger partial charge is 0.399 e. The van der Waals surface area contributed by atoms with Crippen LogP contribution in [-0.2, 0) is 12.8 Å². The number of nitrogens with zero attached hydrogens (tertiary/aromatic N) is 8. The van der Waals surface area contributed by atoms with Gasteiger partial charge >= 0.3 is 17.9 Å². The number of fused-ring (bicyclic) bond motifs is 2. The van der Waals surface area contributed by atoms with E-state index < -0.39 is 17.8 Å². The number of alkyl halides is 3. The van der Waals surface area contributed by atoms with Crippen molar-refractivity contribution in [1.29, 1.82) is 0 Å². The zero-order valence-electron chi connectivity index (χ0n) is 29.8. The number of aromatic nitrogens is 8. The molecule has 0 atom stereocenters. The summed E-state index contributed by atoms with van der Waals surface area (Å²) < 4.78 is 47.2. The molecule has 0 saturated heterocycles. The van der Waals surface area contributed by atoms with E-state index in [0.29, 0.717) is 56.3 Å². The Balaban J connectivity index is 1.26. The van der Waals surface area contributed by atoms with E-state index in [1.807, 2.05) is 52.0 Å². The molecule has 0 bridgehead atoms. The minimum absolute atomic E-state index is 0.00447. The number of anilines is 5. The van der Waals surface area contributed by atoms with Crippen LogP contribution >= 0.6 is 0 Å². The number of benzene rings is 3. The van der Waals surface area contributed by atoms with Gasteiger partial charge in [0.05, 0.1) is 11.6 Å². The number of urea groups is 1. The Morgan fingerprint density at radius 3 is 2.20 bits per heavy atom. The van der Waals surface area contributed by atoms with Crippen LogP contribution in [0, 0.1) is 0 Å². The van der Waals surface area contributed by atoms with Crippen LogP contribution in [0.1, 0.15) is 45.3 Å². The normalized spacial score (nSPS) is 11.9. The molecule has 7 rings (SSSR count). The lowest BCUT2D eigenvalue weighted by molar-refractivity contribution is -0.813. The molecule has 0 radical (unpaired) electrons. The molecule has 54 heavy (non-hydrogen) atoms. The number of nitrogens with one attached hydrogen (secondary N) is 2. The van der Waals surface area contributed by atoms with Crippen LogP contribution in [0.3, 0.4) is 0 Å². The molecular formula is C37H38F3N13O+2. The van der Waals surface area contributed by atoms with Gasteiger partial charge in [-0.25, -0.2) is 14.0 Å². The standard InChI is InChI=1S/C37H36F3N13O/c1-20(2)52-34-28(30(49-52)22-10-14-26(15-11-22)47-36(54)48-27-7-5-6-24(16-27)37(38,39)40)33(43)50(18-46-34)19-51-31(23-8-12-25(41)13-9-23)29-32(42)44-17-45-35(29)53(51)21(3)4/h5-18,20-21,43H,19H2,1-4H3,(H5,41,42,44,45,47,48,49,54)/p+2. The molecule has 3 aromatic carbocycles. The molecule has 8 N–H and O–H groups in total. The van der Waals surface area contributed by atoms with Gasteiger partial charge in [0, 0.05) is 28.2 Å². The fourth-order valence-corrected chi connectivity index (χ4v) is 6.45. The van der Waals surface area contributed by atoms with Crippen molar-refractivity contribution in [2.75, 3.05) is 27.8 Å². The molecule has 0 spiro atoms. The summed E-state index contributed by atoms with van der Waals surface area (Å²) in [4.78, 5) is 26.4. The molecule has 0 saturated carbocycles. The molecule has 14 nitrogen and oxygen atoms in total. The van der Waals surface area contributed by atoms with E-state index in [0.717, 1.165) is 23.4 Å². The number of nitrogens with two attached hydrogens (primary N) is 3. The maximum Gasteiger partial charge on any atom is 0.416 e. The highest BCUT2D eigenvalue weighted by atomic mass is 19.4. The minimum atomic E-state index is -4.54. The molecule has 0 aliphatic carbocycles. The molecular weight excluding hydrogens is 699 g/mol. The number of rotatable bonds is 8. The van der Waals surface area contributed by atoms with Gasteiger partial charge in [-0.15, -0.1) is 4.68 Å². The summed E-state index contributed by atoms with van der Waals surface area (Å²) in [6.07, 6.45) is -1.42. The second kappa shape index (κ2) is 13.6. The van der Waals surface area contributed by atoms with Crippen molar-refractivity contribution in [2.24, 2.45) is 0 Å². The summed E-state index contributed by atoms with van der Waals surface area (Å²) in [5, 5.41) is 11.3. The molecule has 0 unspecified atom stereocenters. The monoisotopic (exact) mass is 737 g/mol. The lowest BCUT2D eigenvalue weighted by Gasteiger charge is -2.14. The molecule has 4 aromatic heterocycles. The van der Waals surface area contributed by atoms with E-state index in [4.69, 9.17) is 27.3 Å². The number of nitrogen functional groups attached to an aromatic ring is 3. The van der Waals surface area contributed by atoms with Gasteiger partial charge in [0.25, 0.3) is 0 Å². The highest BCUT2D eigenvalue weighted by molar-refractivity contribution is 6.01. The van der Waals surface area contributed by atoms with Crippen molar-refractivity contribution in [2.45, 2.75) is 52.6 Å². The van der Waals surface area contributed by atoms with Crippen molar-refractivity contribution < 1.29 is 27.2 Å². The van der Waals surface area contributed by atoms with Crippen LogP contribution in [-0.4, -0.2) is 35.4 Å². The minimum Gasteiger partial charge on any atom is -0.399 e. The first-order valence-corrected chi connectivity index (χ1v) is 17.0. The highest BCUT2D eigenvalue weighted by Crippen LogP contribution is 2.34. The number of halogens is 3. The average Bonchev–Trinajstić information content (AvgIpc) is 3.68. The van der Waals surface area contributed by atoms with Gasteiger partial charge in [-0.3, -0.25) is 0 Å². The molecule has 0 fully saturated rings. The molecule has 0 aliphatic heterocycles. The summed E-state index contributed by atoms with van der Waals surface area (Å²) in [5.74, 6) is 0.734. The number of amides is 2. The van der Waals surface area contributed by atoms with Crippen LogP contribution in [0.4, 0.5) is 46.7 Å². The van der Waals surface area contributed by atoms with Gasteiger partial charge in [-0.1, -0.05) is 35.3 Å². The Hall–Kier alpha value is -6.78. The van der Waals surface area contributed by atoms with E-state index in [1.165, 1.54) is 18.5 Å². The first-order valence-electron chi connectivity index (χ1n) is 17.0. The molecule has 4 heterocycles. The second-order valence-electron chi connectivity index (χ2n) is 13.3. The van der Waals surface area contributed by atoms with Gasteiger partial charge in [-0.05, 0) is 75.1 Å². The third kappa shape index (κ3) is 6.55. The number of carbonyl (C=O) groups excluding carboxylic acids is 1. The van der Waals surface area contributed by atoms with Gasteiger partial charge in [-0.2, -0.15) is 27.9 Å². The SMILES string of the molecule is CC(C)n1nc(-c2ccc(NC(=O)Nc3cccc(C(F)(F)F)c3)cc2)c2c(N)[n+](Cn3c(-c4ccc(N)cc4)c4c(N)ncnc4[n+]3C(C)C)cnc21. The largest absolute Gasteiger partial charge is 0.416 e. The van der Waals surface area contributed by atoms with Gasteiger partial charge in [0.1, 0.15) is 34.0 Å². The lowest BCUT2D eigenvalue weighted by Crippen LogP contribution is -2.53. The Kier molecular flexibility index (Phi) is 9.00. The predicted molar refractivity (Wildman–Crippen MR) is 200 cm³/mol. The Bertz CT molecular complexity index is 2520. The summed E-state index contributed by atoms with van der Waals surface area (Å²) >= 11 is 0. The first kappa shape index (κ1) is 35.6. The van der Waals surface area contributed by atoms with Crippen molar-refractivity contribution in [3.05, 3.63) is 91.0 Å². The third-order valence-corrected chi connectivity index (χ3v) is 8.91. The zero-order chi connectivity index (χ0) is 38.5. The fourth-order valence-electron chi connectivity index (χ4n) is 6.45. The maximum atomic E-state index is 13.1. The van der Waals surface area contributed by atoms with E-state index in [-0.39, 0.29) is 24.4 Å². The van der Waals surface area contributed by atoms with Crippen LogP contribution in [0.25, 0.3) is 44.6 Å². The Morgan fingerprint density at radius 2 is 1.54 bits per heavy atom. The predicted octanol–water partition coefficient (Wildman–Crippen LogP) is 6.16.